The first kappa shape index (κ1) is 11.3. The molecule has 1 aromatic rings. The van der Waals surface area contributed by atoms with E-state index >= 15 is 0 Å². The highest BCUT2D eigenvalue weighted by Crippen LogP contribution is 2.38. The van der Waals surface area contributed by atoms with Gasteiger partial charge in [0.25, 0.3) is 0 Å². The van der Waals surface area contributed by atoms with Crippen LogP contribution in [0.3, 0.4) is 0 Å². The molecular weight excluding hydrogens is 206 g/mol. The molecular formula is C16H23N. The molecule has 2 fully saturated rings. The van der Waals surface area contributed by atoms with E-state index < -0.39 is 0 Å². The maximum atomic E-state index is 6.25. The van der Waals surface area contributed by atoms with Crippen LogP contribution in [-0.2, 0) is 0 Å². The summed E-state index contributed by atoms with van der Waals surface area (Å²) in [6.45, 7) is 0. The Morgan fingerprint density at radius 1 is 0.765 bits per heavy atom. The smallest absolute Gasteiger partial charge is 0.0108 e. The molecule has 17 heavy (non-hydrogen) atoms. The van der Waals surface area contributed by atoms with E-state index in [1.807, 2.05) is 0 Å². The summed E-state index contributed by atoms with van der Waals surface area (Å²) < 4.78 is 0. The lowest BCUT2D eigenvalue weighted by Gasteiger charge is -2.30. The van der Waals surface area contributed by atoms with Crippen LogP contribution in [0, 0.1) is 0 Å². The number of hydrogen-bond donors (Lipinski definition) is 1. The van der Waals surface area contributed by atoms with Crippen molar-refractivity contribution < 1.29 is 0 Å². The van der Waals surface area contributed by atoms with Crippen molar-refractivity contribution >= 4 is 0 Å². The van der Waals surface area contributed by atoms with E-state index in [4.69, 9.17) is 5.73 Å². The van der Waals surface area contributed by atoms with Gasteiger partial charge in [-0.15, -0.1) is 0 Å². The molecule has 3 rings (SSSR count). The predicted octanol–water partition coefficient (Wildman–Crippen LogP) is 3.94. The van der Waals surface area contributed by atoms with Crippen molar-refractivity contribution in [2.45, 2.75) is 62.8 Å². The third kappa shape index (κ3) is 2.26. The Kier molecular flexibility index (Phi) is 3.19. The van der Waals surface area contributed by atoms with Gasteiger partial charge in [0.1, 0.15) is 0 Å². The SMILES string of the molecule is NC1CCCCC1c1ccc(C2CCC2)cc1. The van der Waals surface area contributed by atoms with Gasteiger partial charge in [0.15, 0.2) is 0 Å². The van der Waals surface area contributed by atoms with E-state index in [1.165, 1.54) is 50.5 Å². The molecule has 2 unspecified atom stereocenters. The van der Waals surface area contributed by atoms with Crippen LogP contribution in [0.15, 0.2) is 24.3 Å². The molecule has 92 valence electrons. The lowest BCUT2D eigenvalue weighted by molar-refractivity contribution is 0.385. The molecule has 1 nitrogen and oxygen atoms in total. The van der Waals surface area contributed by atoms with Crippen LogP contribution in [0.2, 0.25) is 0 Å². The molecule has 2 aliphatic carbocycles. The normalized spacial score (nSPS) is 29.9. The van der Waals surface area contributed by atoms with Crippen LogP contribution in [0.1, 0.15) is 67.9 Å². The molecule has 0 aliphatic heterocycles. The van der Waals surface area contributed by atoms with E-state index in [0.717, 1.165) is 5.92 Å². The fourth-order valence-electron chi connectivity index (χ4n) is 3.33. The number of hydrogen-bond acceptors (Lipinski definition) is 1. The topological polar surface area (TPSA) is 26.0 Å². The first-order valence-corrected chi connectivity index (χ1v) is 7.20. The molecule has 2 saturated carbocycles. The molecule has 0 saturated heterocycles. The minimum Gasteiger partial charge on any atom is -0.327 e. The summed E-state index contributed by atoms with van der Waals surface area (Å²) in [4.78, 5) is 0. The van der Waals surface area contributed by atoms with Crippen LogP contribution < -0.4 is 5.73 Å². The van der Waals surface area contributed by atoms with Gasteiger partial charge in [0.05, 0.1) is 0 Å². The van der Waals surface area contributed by atoms with E-state index in [0.29, 0.717) is 12.0 Å². The zero-order valence-electron chi connectivity index (χ0n) is 10.6. The van der Waals surface area contributed by atoms with Crippen molar-refractivity contribution in [3.05, 3.63) is 35.4 Å². The van der Waals surface area contributed by atoms with Crippen LogP contribution in [-0.4, -0.2) is 6.04 Å². The zero-order chi connectivity index (χ0) is 11.7. The Bertz CT molecular complexity index is 364. The van der Waals surface area contributed by atoms with Crippen LogP contribution in [0.4, 0.5) is 0 Å². The first-order valence-electron chi connectivity index (χ1n) is 7.20. The summed E-state index contributed by atoms with van der Waals surface area (Å²) in [5.41, 5.74) is 9.26. The van der Waals surface area contributed by atoms with E-state index in [2.05, 4.69) is 24.3 Å². The second kappa shape index (κ2) is 4.81. The summed E-state index contributed by atoms with van der Waals surface area (Å²) in [5.74, 6) is 1.46. The van der Waals surface area contributed by atoms with Crippen molar-refractivity contribution in [3.8, 4) is 0 Å². The second-order valence-corrected chi connectivity index (χ2v) is 5.85. The lowest BCUT2D eigenvalue weighted by atomic mass is 9.77. The average molecular weight is 229 g/mol. The summed E-state index contributed by atoms with van der Waals surface area (Å²) >= 11 is 0. The highest BCUT2D eigenvalue weighted by molar-refractivity contribution is 5.29. The lowest BCUT2D eigenvalue weighted by Crippen LogP contribution is -2.31. The van der Waals surface area contributed by atoms with Crippen LogP contribution in [0.25, 0.3) is 0 Å². The number of nitrogens with two attached hydrogens (primary N) is 1. The Labute approximate surface area is 104 Å². The van der Waals surface area contributed by atoms with Crippen molar-refractivity contribution in [2.24, 2.45) is 5.73 Å². The van der Waals surface area contributed by atoms with Crippen LogP contribution >= 0.6 is 0 Å². The summed E-state index contributed by atoms with van der Waals surface area (Å²) in [5, 5.41) is 0. The monoisotopic (exact) mass is 229 g/mol. The Morgan fingerprint density at radius 2 is 1.41 bits per heavy atom. The maximum absolute atomic E-state index is 6.25. The number of rotatable bonds is 2. The third-order valence-corrected chi connectivity index (χ3v) is 4.76. The highest BCUT2D eigenvalue weighted by atomic mass is 14.7. The van der Waals surface area contributed by atoms with Gasteiger partial charge in [-0.05, 0) is 48.6 Å². The molecule has 0 radical (unpaired) electrons. The molecule has 2 N–H and O–H groups in total. The summed E-state index contributed by atoms with van der Waals surface area (Å²) in [6, 6.07) is 9.76. The van der Waals surface area contributed by atoms with E-state index in [-0.39, 0.29) is 0 Å². The molecule has 0 amide bonds. The van der Waals surface area contributed by atoms with Crippen LogP contribution in [0.5, 0.6) is 0 Å². The highest BCUT2D eigenvalue weighted by Gasteiger charge is 2.24. The minimum absolute atomic E-state index is 0.387. The maximum Gasteiger partial charge on any atom is 0.0108 e. The van der Waals surface area contributed by atoms with Gasteiger partial charge >= 0.3 is 0 Å². The van der Waals surface area contributed by atoms with Gasteiger partial charge in [-0.1, -0.05) is 43.5 Å². The third-order valence-electron chi connectivity index (χ3n) is 4.76. The number of benzene rings is 1. The fraction of sp³-hybridized carbons (Fsp3) is 0.625. The molecule has 1 aromatic carbocycles. The van der Waals surface area contributed by atoms with Crippen molar-refractivity contribution in [1.29, 1.82) is 0 Å². The minimum atomic E-state index is 0.387. The molecule has 0 bridgehead atoms. The van der Waals surface area contributed by atoms with E-state index in [9.17, 15) is 0 Å². The zero-order valence-corrected chi connectivity index (χ0v) is 10.6. The van der Waals surface area contributed by atoms with Gasteiger partial charge in [-0.3, -0.25) is 0 Å². The Morgan fingerprint density at radius 3 is 2.00 bits per heavy atom. The predicted molar refractivity (Wildman–Crippen MR) is 72.2 cm³/mol. The molecule has 0 heterocycles. The van der Waals surface area contributed by atoms with Gasteiger partial charge in [0, 0.05) is 6.04 Å². The fourth-order valence-corrected chi connectivity index (χ4v) is 3.33. The largest absolute Gasteiger partial charge is 0.327 e. The van der Waals surface area contributed by atoms with Crippen molar-refractivity contribution in [1.82, 2.24) is 0 Å². The standard InChI is InChI=1S/C16H23N/c17-16-7-2-1-6-15(16)14-10-8-13(9-11-14)12-4-3-5-12/h8-12,15-16H,1-7,17H2. The Hall–Kier alpha value is -0.820. The Balaban J connectivity index is 1.74. The quantitative estimate of drug-likeness (QED) is 0.816. The van der Waals surface area contributed by atoms with Gasteiger partial charge in [-0.2, -0.15) is 0 Å². The summed E-state index contributed by atoms with van der Waals surface area (Å²) in [7, 11) is 0. The van der Waals surface area contributed by atoms with Crippen molar-refractivity contribution in [3.63, 3.8) is 0 Å². The molecule has 0 aromatic heterocycles. The summed E-state index contributed by atoms with van der Waals surface area (Å²) in [6.07, 6.45) is 9.35. The van der Waals surface area contributed by atoms with Gasteiger partial charge in [0.2, 0.25) is 0 Å². The molecule has 2 aliphatic rings. The molecule has 2 atom stereocenters. The average Bonchev–Trinajstić information content (AvgIpc) is 2.29. The van der Waals surface area contributed by atoms with Crippen molar-refractivity contribution in [2.75, 3.05) is 0 Å². The first-order chi connectivity index (χ1) is 8.34. The molecule has 0 spiro atoms. The van der Waals surface area contributed by atoms with Gasteiger partial charge in [-0.25, -0.2) is 0 Å². The second-order valence-electron chi connectivity index (χ2n) is 5.85. The van der Waals surface area contributed by atoms with Gasteiger partial charge < -0.3 is 5.73 Å². The molecule has 1 heteroatoms. The van der Waals surface area contributed by atoms with E-state index in [1.54, 1.807) is 5.56 Å².